The number of nitrogens with zero attached hydrogens (tertiary/aromatic N) is 1. The summed E-state index contributed by atoms with van der Waals surface area (Å²) in [4.78, 5) is 0. The first kappa shape index (κ1) is 8.55. The number of nitriles is 1. The zero-order valence-electron chi connectivity index (χ0n) is 7.21. The van der Waals surface area contributed by atoms with Crippen molar-refractivity contribution < 1.29 is 4.74 Å². The minimum absolute atomic E-state index is 0.233. The van der Waals surface area contributed by atoms with E-state index in [9.17, 15) is 0 Å². The SMILES string of the molecule is CC(C)[C@@H]1C[C@@H](C#N)CCO1. The van der Waals surface area contributed by atoms with E-state index >= 15 is 0 Å². The Balaban J connectivity index is 2.41. The molecule has 62 valence electrons. The van der Waals surface area contributed by atoms with Crippen molar-refractivity contribution in [2.75, 3.05) is 6.61 Å². The molecule has 1 rings (SSSR count). The van der Waals surface area contributed by atoms with Gasteiger partial charge in [0.2, 0.25) is 0 Å². The van der Waals surface area contributed by atoms with Gasteiger partial charge in [0, 0.05) is 6.61 Å². The molecule has 1 fully saturated rings. The minimum Gasteiger partial charge on any atom is -0.378 e. The molecule has 11 heavy (non-hydrogen) atoms. The quantitative estimate of drug-likeness (QED) is 0.577. The van der Waals surface area contributed by atoms with Gasteiger partial charge in [0.25, 0.3) is 0 Å². The monoisotopic (exact) mass is 153 g/mol. The van der Waals surface area contributed by atoms with Gasteiger partial charge < -0.3 is 4.74 Å². The fourth-order valence-electron chi connectivity index (χ4n) is 1.41. The lowest BCUT2D eigenvalue weighted by molar-refractivity contribution is -0.0242. The summed E-state index contributed by atoms with van der Waals surface area (Å²) < 4.78 is 5.52. The molecule has 0 aromatic heterocycles. The molecule has 0 bridgehead atoms. The van der Waals surface area contributed by atoms with E-state index in [0.717, 1.165) is 19.4 Å². The number of hydrogen-bond acceptors (Lipinski definition) is 2. The summed E-state index contributed by atoms with van der Waals surface area (Å²) in [7, 11) is 0. The van der Waals surface area contributed by atoms with E-state index in [1.54, 1.807) is 0 Å². The van der Waals surface area contributed by atoms with Crippen molar-refractivity contribution >= 4 is 0 Å². The number of hydrogen-bond donors (Lipinski definition) is 0. The molecule has 2 nitrogen and oxygen atoms in total. The Morgan fingerprint density at radius 1 is 1.55 bits per heavy atom. The van der Waals surface area contributed by atoms with Crippen LogP contribution in [0.15, 0.2) is 0 Å². The summed E-state index contributed by atoms with van der Waals surface area (Å²) in [5, 5.41) is 8.69. The van der Waals surface area contributed by atoms with Crippen LogP contribution in [0.3, 0.4) is 0 Å². The van der Waals surface area contributed by atoms with Gasteiger partial charge in [0.05, 0.1) is 18.1 Å². The first-order valence-electron chi connectivity index (χ1n) is 4.25. The third-order valence-electron chi connectivity index (χ3n) is 2.24. The Morgan fingerprint density at radius 3 is 2.82 bits per heavy atom. The van der Waals surface area contributed by atoms with Crippen molar-refractivity contribution in [2.45, 2.75) is 32.8 Å². The highest BCUT2D eigenvalue weighted by Gasteiger charge is 2.24. The van der Waals surface area contributed by atoms with Crippen LogP contribution in [0.5, 0.6) is 0 Å². The molecule has 0 unspecified atom stereocenters. The highest BCUT2D eigenvalue weighted by Crippen LogP contribution is 2.23. The summed E-state index contributed by atoms with van der Waals surface area (Å²) in [6.07, 6.45) is 2.15. The van der Waals surface area contributed by atoms with Crippen molar-refractivity contribution in [3.05, 3.63) is 0 Å². The molecule has 0 aromatic rings. The van der Waals surface area contributed by atoms with E-state index in [0.29, 0.717) is 12.0 Å². The Hall–Kier alpha value is -0.550. The van der Waals surface area contributed by atoms with E-state index < -0.39 is 0 Å². The lowest BCUT2D eigenvalue weighted by atomic mass is 9.91. The van der Waals surface area contributed by atoms with Crippen LogP contribution < -0.4 is 0 Å². The molecule has 1 aliphatic rings. The molecule has 1 heterocycles. The average molecular weight is 153 g/mol. The van der Waals surface area contributed by atoms with Gasteiger partial charge in [0.15, 0.2) is 0 Å². The van der Waals surface area contributed by atoms with Crippen LogP contribution in [0.25, 0.3) is 0 Å². The minimum atomic E-state index is 0.233. The second kappa shape index (κ2) is 3.73. The van der Waals surface area contributed by atoms with Gasteiger partial charge in [-0.3, -0.25) is 0 Å². The van der Waals surface area contributed by atoms with Crippen molar-refractivity contribution in [1.29, 1.82) is 5.26 Å². The summed E-state index contributed by atoms with van der Waals surface area (Å²) in [5.41, 5.74) is 0. The maximum atomic E-state index is 8.69. The Labute approximate surface area is 68.2 Å². The lowest BCUT2D eigenvalue weighted by Crippen LogP contribution is -2.29. The molecule has 1 saturated heterocycles. The largest absolute Gasteiger partial charge is 0.378 e. The molecule has 0 radical (unpaired) electrons. The molecule has 0 aromatic carbocycles. The van der Waals surface area contributed by atoms with E-state index in [1.165, 1.54) is 0 Å². The Morgan fingerprint density at radius 2 is 2.27 bits per heavy atom. The van der Waals surface area contributed by atoms with Crippen molar-refractivity contribution in [1.82, 2.24) is 0 Å². The molecular weight excluding hydrogens is 138 g/mol. The first-order chi connectivity index (χ1) is 5.24. The molecular formula is C9H15NO. The van der Waals surface area contributed by atoms with Crippen LogP contribution in [0.1, 0.15) is 26.7 Å². The third kappa shape index (κ3) is 2.20. The van der Waals surface area contributed by atoms with Crippen LogP contribution in [0.2, 0.25) is 0 Å². The van der Waals surface area contributed by atoms with Crippen LogP contribution in [0.4, 0.5) is 0 Å². The van der Waals surface area contributed by atoms with Crippen molar-refractivity contribution in [2.24, 2.45) is 11.8 Å². The molecule has 0 saturated carbocycles. The predicted octanol–water partition coefficient (Wildman–Crippen LogP) is 1.96. The summed E-state index contributed by atoms with van der Waals surface area (Å²) >= 11 is 0. The van der Waals surface area contributed by atoms with Gasteiger partial charge in [-0.2, -0.15) is 5.26 Å². The van der Waals surface area contributed by atoms with Gasteiger partial charge in [-0.05, 0) is 18.8 Å². The van der Waals surface area contributed by atoms with Gasteiger partial charge >= 0.3 is 0 Å². The van der Waals surface area contributed by atoms with Gasteiger partial charge in [-0.1, -0.05) is 13.8 Å². The molecule has 0 amide bonds. The number of rotatable bonds is 1. The topological polar surface area (TPSA) is 33.0 Å². The standard InChI is InChI=1S/C9H15NO/c1-7(2)9-5-8(6-10)3-4-11-9/h7-9H,3-5H2,1-2H3/t8-,9-/m0/s1. The first-order valence-corrected chi connectivity index (χ1v) is 4.25. The highest BCUT2D eigenvalue weighted by atomic mass is 16.5. The smallest absolute Gasteiger partial charge is 0.0657 e. The summed E-state index contributed by atoms with van der Waals surface area (Å²) in [6, 6.07) is 2.31. The summed E-state index contributed by atoms with van der Waals surface area (Å²) in [5.74, 6) is 0.780. The maximum absolute atomic E-state index is 8.69. The average Bonchev–Trinajstić information content (AvgIpc) is 2.05. The molecule has 0 spiro atoms. The van der Waals surface area contributed by atoms with Crippen LogP contribution >= 0.6 is 0 Å². The van der Waals surface area contributed by atoms with Gasteiger partial charge in [0.1, 0.15) is 0 Å². The fourth-order valence-corrected chi connectivity index (χ4v) is 1.41. The van der Waals surface area contributed by atoms with Crippen molar-refractivity contribution in [3.63, 3.8) is 0 Å². The Bertz CT molecular complexity index is 159. The normalized spacial score (nSPS) is 31.8. The van der Waals surface area contributed by atoms with Crippen LogP contribution in [-0.2, 0) is 4.74 Å². The second-order valence-electron chi connectivity index (χ2n) is 3.50. The van der Waals surface area contributed by atoms with Crippen molar-refractivity contribution in [3.8, 4) is 6.07 Å². The molecule has 1 aliphatic heterocycles. The zero-order chi connectivity index (χ0) is 8.27. The zero-order valence-corrected chi connectivity index (χ0v) is 7.21. The summed E-state index contributed by atoms with van der Waals surface area (Å²) in [6.45, 7) is 5.05. The predicted molar refractivity (Wildman–Crippen MR) is 42.9 cm³/mol. The molecule has 0 aliphatic carbocycles. The molecule has 2 atom stereocenters. The van der Waals surface area contributed by atoms with E-state index in [2.05, 4.69) is 19.9 Å². The Kier molecular flexibility index (Phi) is 2.90. The van der Waals surface area contributed by atoms with E-state index in [1.807, 2.05) is 0 Å². The number of ether oxygens (including phenoxy) is 1. The fraction of sp³-hybridized carbons (Fsp3) is 0.889. The van der Waals surface area contributed by atoms with Gasteiger partial charge in [-0.25, -0.2) is 0 Å². The molecule has 2 heteroatoms. The van der Waals surface area contributed by atoms with Crippen LogP contribution in [0, 0.1) is 23.2 Å². The lowest BCUT2D eigenvalue weighted by Gasteiger charge is -2.28. The second-order valence-corrected chi connectivity index (χ2v) is 3.50. The van der Waals surface area contributed by atoms with E-state index in [4.69, 9.17) is 10.00 Å². The molecule has 0 N–H and O–H groups in total. The van der Waals surface area contributed by atoms with Crippen LogP contribution in [-0.4, -0.2) is 12.7 Å². The maximum Gasteiger partial charge on any atom is 0.0657 e. The highest BCUT2D eigenvalue weighted by molar-refractivity contribution is 4.87. The van der Waals surface area contributed by atoms with Gasteiger partial charge in [-0.15, -0.1) is 0 Å². The third-order valence-corrected chi connectivity index (χ3v) is 2.24. The van der Waals surface area contributed by atoms with E-state index in [-0.39, 0.29) is 5.92 Å².